The predicted molar refractivity (Wildman–Crippen MR) is 70.0 cm³/mol. The summed E-state index contributed by atoms with van der Waals surface area (Å²) < 4.78 is 0. The van der Waals surface area contributed by atoms with Crippen molar-refractivity contribution in [3.05, 3.63) is 52.9 Å². The lowest BCUT2D eigenvalue weighted by molar-refractivity contribution is 1.14. The van der Waals surface area contributed by atoms with Gasteiger partial charge in [-0.25, -0.2) is 4.98 Å². The number of aromatic amines is 1. The van der Waals surface area contributed by atoms with E-state index in [1.807, 2.05) is 30.3 Å². The number of rotatable bonds is 1. The lowest BCUT2D eigenvalue weighted by Gasteiger charge is -2.03. The molecule has 18 heavy (non-hydrogen) atoms. The summed E-state index contributed by atoms with van der Waals surface area (Å²) >= 11 is 0. The van der Waals surface area contributed by atoms with E-state index in [9.17, 15) is 4.79 Å². The number of hydrogen-bond donors (Lipinski definition) is 2. The summed E-state index contributed by atoms with van der Waals surface area (Å²) in [6, 6.07) is 10.7. The maximum absolute atomic E-state index is 11.4. The van der Waals surface area contributed by atoms with Crippen molar-refractivity contribution < 1.29 is 0 Å². The van der Waals surface area contributed by atoms with Gasteiger partial charge in [-0.3, -0.25) is 9.78 Å². The van der Waals surface area contributed by atoms with Gasteiger partial charge >= 0.3 is 0 Å². The van der Waals surface area contributed by atoms with Crippen LogP contribution in [0.4, 0.5) is 5.82 Å². The fourth-order valence-electron chi connectivity index (χ4n) is 1.84. The molecule has 0 radical (unpaired) electrons. The highest BCUT2D eigenvalue weighted by Crippen LogP contribution is 2.20. The second-order valence-corrected chi connectivity index (χ2v) is 3.93. The number of benzene rings is 1. The summed E-state index contributed by atoms with van der Waals surface area (Å²) in [5, 5.41) is 0.986. The molecule has 0 aliphatic heterocycles. The fourth-order valence-corrected chi connectivity index (χ4v) is 1.84. The van der Waals surface area contributed by atoms with Crippen molar-refractivity contribution >= 4 is 16.7 Å². The van der Waals surface area contributed by atoms with Gasteiger partial charge in [0.05, 0.1) is 5.52 Å². The average molecular weight is 238 g/mol. The number of H-pyrrole nitrogens is 1. The van der Waals surface area contributed by atoms with Crippen molar-refractivity contribution in [1.29, 1.82) is 0 Å². The molecule has 0 bridgehead atoms. The molecule has 2 aromatic heterocycles. The van der Waals surface area contributed by atoms with Crippen molar-refractivity contribution in [2.24, 2.45) is 0 Å². The van der Waals surface area contributed by atoms with Gasteiger partial charge in [-0.15, -0.1) is 0 Å². The van der Waals surface area contributed by atoms with Crippen molar-refractivity contribution in [2.75, 3.05) is 5.73 Å². The second-order valence-electron chi connectivity index (χ2n) is 3.93. The molecule has 0 unspecified atom stereocenters. The summed E-state index contributed by atoms with van der Waals surface area (Å²) in [6.07, 6.45) is 1.74. The van der Waals surface area contributed by atoms with Gasteiger partial charge in [0.15, 0.2) is 0 Å². The normalized spacial score (nSPS) is 10.7. The lowest BCUT2D eigenvalue weighted by Crippen LogP contribution is -2.09. The highest BCUT2D eigenvalue weighted by molar-refractivity contribution is 5.83. The molecule has 5 nitrogen and oxygen atoms in total. The zero-order valence-corrected chi connectivity index (χ0v) is 9.42. The second kappa shape index (κ2) is 3.96. The van der Waals surface area contributed by atoms with Crippen LogP contribution < -0.4 is 11.3 Å². The van der Waals surface area contributed by atoms with Crippen LogP contribution in [-0.2, 0) is 0 Å². The Labute approximate surface area is 102 Å². The molecule has 0 amide bonds. The third-order valence-corrected chi connectivity index (χ3v) is 2.64. The molecule has 2 heterocycles. The van der Waals surface area contributed by atoms with Gasteiger partial charge in [0.2, 0.25) is 0 Å². The molecule has 0 saturated carbocycles. The molecule has 3 rings (SSSR count). The number of nitrogens with one attached hydrogen (secondary N) is 1. The van der Waals surface area contributed by atoms with E-state index in [0.29, 0.717) is 5.82 Å². The number of nitrogen functional groups attached to an aromatic ring is 1. The topological polar surface area (TPSA) is 84.7 Å². The standard InChI is InChI=1S/C13H10N4O/c14-11-7-12(18)17-13(16-11)9-3-4-10-8(6-9)2-1-5-15-10/h1-7H,(H3,14,16,17,18). The number of pyridine rings is 1. The first-order valence-corrected chi connectivity index (χ1v) is 5.44. The molecule has 1 aromatic carbocycles. The molecular weight excluding hydrogens is 228 g/mol. The van der Waals surface area contributed by atoms with Gasteiger partial charge < -0.3 is 10.7 Å². The van der Waals surface area contributed by atoms with Crippen LogP contribution in [-0.4, -0.2) is 15.0 Å². The molecule has 0 atom stereocenters. The van der Waals surface area contributed by atoms with Crippen molar-refractivity contribution in [3.63, 3.8) is 0 Å². The van der Waals surface area contributed by atoms with Crippen molar-refractivity contribution in [3.8, 4) is 11.4 Å². The minimum absolute atomic E-state index is 0.208. The van der Waals surface area contributed by atoms with E-state index in [-0.39, 0.29) is 11.4 Å². The summed E-state index contributed by atoms with van der Waals surface area (Å²) in [4.78, 5) is 22.4. The lowest BCUT2D eigenvalue weighted by atomic mass is 10.1. The molecule has 3 N–H and O–H groups in total. The molecule has 0 fully saturated rings. The summed E-state index contributed by atoms with van der Waals surface area (Å²) in [7, 11) is 0. The van der Waals surface area contributed by atoms with Crippen LogP contribution >= 0.6 is 0 Å². The first kappa shape index (κ1) is 10.5. The Morgan fingerprint density at radius 1 is 1.17 bits per heavy atom. The van der Waals surface area contributed by atoms with Gasteiger partial charge in [-0.1, -0.05) is 6.07 Å². The van der Waals surface area contributed by atoms with Crippen LogP contribution in [0.1, 0.15) is 0 Å². The molecule has 0 aliphatic rings. The summed E-state index contributed by atoms with van der Waals surface area (Å²) in [5.74, 6) is 0.672. The SMILES string of the molecule is Nc1cc(=O)[nH]c(-c2ccc3ncccc3c2)n1. The van der Waals surface area contributed by atoms with Crippen LogP contribution in [0.15, 0.2) is 47.4 Å². The van der Waals surface area contributed by atoms with Gasteiger partial charge in [-0.05, 0) is 24.3 Å². The Morgan fingerprint density at radius 3 is 2.89 bits per heavy atom. The average Bonchev–Trinajstić information content (AvgIpc) is 2.37. The maximum Gasteiger partial charge on any atom is 0.253 e. The molecular formula is C13H10N4O. The number of hydrogen-bond acceptors (Lipinski definition) is 4. The predicted octanol–water partition coefficient (Wildman–Crippen LogP) is 1.57. The summed E-state index contributed by atoms with van der Waals surface area (Å²) in [5.41, 5.74) is 7.01. The number of anilines is 1. The summed E-state index contributed by atoms with van der Waals surface area (Å²) in [6.45, 7) is 0. The smallest absolute Gasteiger partial charge is 0.253 e. The number of fused-ring (bicyclic) bond motifs is 1. The van der Waals surface area contributed by atoms with E-state index in [2.05, 4.69) is 15.0 Å². The Morgan fingerprint density at radius 2 is 2.06 bits per heavy atom. The fraction of sp³-hybridized carbons (Fsp3) is 0. The van der Waals surface area contributed by atoms with Crippen LogP contribution in [0.25, 0.3) is 22.3 Å². The quantitative estimate of drug-likeness (QED) is 0.673. The monoisotopic (exact) mass is 238 g/mol. The maximum atomic E-state index is 11.4. The van der Waals surface area contributed by atoms with Crippen LogP contribution in [0.2, 0.25) is 0 Å². The Balaban J connectivity index is 2.22. The van der Waals surface area contributed by atoms with Crippen molar-refractivity contribution in [2.45, 2.75) is 0 Å². The van der Waals surface area contributed by atoms with Crippen LogP contribution in [0.3, 0.4) is 0 Å². The van der Waals surface area contributed by atoms with E-state index >= 15 is 0 Å². The van der Waals surface area contributed by atoms with Gasteiger partial charge in [0, 0.05) is 23.2 Å². The molecule has 3 aromatic rings. The Hall–Kier alpha value is -2.69. The third kappa shape index (κ3) is 1.82. The zero-order chi connectivity index (χ0) is 12.5. The van der Waals surface area contributed by atoms with Gasteiger partial charge in [0.1, 0.15) is 11.6 Å². The highest BCUT2D eigenvalue weighted by atomic mass is 16.1. The van der Waals surface area contributed by atoms with Crippen LogP contribution in [0.5, 0.6) is 0 Å². The van der Waals surface area contributed by atoms with E-state index in [1.165, 1.54) is 6.07 Å². The molecule has 5 heteroatoms. The minimum Gasteiger partial charge on any atom is -0.383 e. The highest BCUT2D eigenvalue weighted by Gasteiger charge is 2.03. The van der Waals surface area contributed by atoms with Gasteiger partial charge in [0.25, 0.3) is 5.56 Å². The minimum atomic E-state index is -0.260. The van der Waals surface area contributed by atoms with Crippen molar-refractivity contribution in [1.82, 2.24) is 15.0 Å². The first-order chi connectivity index (χ1) is 8.72. The number of aromatic nitrogens is 3. The van der Waals surface area contributed by atoms with E-state index in [0.717, 1.165) is 16.5 Å². The molecule has 88 valence electrons. The third-order valence-electron chi connectivity index (χ3n) is 2.64. The van der Waals surface area contributed by atoms with E-state index < -0.39 is 0 Å². The largest absolute Gasteiger partial charge is 0.383 e. The molecule has 0 saturated heterocycles. The molecule has 0 aliphatic carbocycles. The zero-order valence-electron chi connectivity index (χ0n) is 9.42. The van der Waals surface area contributed by atoms with Gasteiger partial charge in [-0.2, -0.15) is 0 Å². The number of nitrogens with two attached hydrogens (primary N) is 1. The number of nitrogens with zero attached hydrogens (tertiary/aromatic N) is 2. The Kier molecular flexibility index (Phi) is 2.30. The van der Waals surface area contributed by atoms with E-state index in [1.54, 1.807) is 6.20 Å². The first-order valence-electron chi connectivity index (χ1n) is 5.44. The molecule has 0 spiro atoms. The Bertz CT molecular complexity index is 779. The van der Waals surface area contributed by atoms with Crippen LogP contribution in [0, 0.1) is 0 Å². The van der Waals surface area contributed by atoms with E-state index in [4.69, 9.17) is 5.73 Å².